The molecule has 0 aromatic heterocycles. The Morgan fingerprint density at radius 3 is 2.17 bits per heavy atom. The van der Waals surface area contributed by atoms with E-state index in [0.717, 1.165) is 5.41 Å². The van der Waals surface area contributed by atoms with E-state index in [1.54, 1.807) is 0 Å². The van der Waals surface area contributed by atoms with Gasteiger partial charge < -0.3 is 5.11 Å². The second-order valence-corrected chi connectivity index (χ2v) is 4.10. The molecule has 0 aliphatic heterocycles. The van der Waals surface area contributed by atoms with Gasteiger partial charge in [-0.15, -0.1) is 0 Å². The van der Waals surface area contributed by atoms with Crippen LogP contribution in [0, 0.1) is 0 Å². The SMILES string of the molecule is C=CS(=O)(=O)c1ccc(O)cc1. The van der Waals surface area contributed by atoms with Gasteiger partial charge in [0.1, 0.15) is 5.75 Å². The summed E-state index contributed by atoms with van der Waals surface area (Å²) in [5, 5.41) is 9.75. The van der Waals surface area contributed by atoms with Crippen LogP contribution >= 0.6 is 0 Å². The van der Waals surface area contributed by atoms with Crippen LogP contribution < -0.4 is 0 Å². The highest BCUT2D eigenvalue weighted by Gasteiger charge is 2.07. The first kappa shape index (κ1) is 8.80. The molecule has 1 rings (SSSR count). The lowest BCUT2D eigenvalue weighted by Crippen LogP contribution is -1.93. The van der Waals surface area contributed by atoms with E-state index in [1.807, 2.05) is 0 Å². The molecule has 0 spiro atoms. The van der Waals surface area contributed by atoms with Crippen LogP contribution in [0.4, 0.5) is 0 Å². The number of phenolic OH excluding ortho intramolecular Hbond substituents is 1. The normalized spacial score (nSPS) is 11.0. The lowest BCUT2D eigenvalue weighted by molar-refractivity contribution is 0.475. The van der Waals surface area contributed by atoms with Crippen LogP contribution in [-0.2, 0) is 9.84 Å². The molecule has 0 atom stereocenters. The summed E-state index contributed by atoms with van der Waals surface area (Å²) >= 11 is 0. The van der Waals surface area contributed by atoms with Crippen molar-refractivity contribution in [2.24, 2.45) is 0 Å². The summed E-state index contributed by atoms with van der Waals surface area (Å²) in [6.45, 7) is 3.18. The number of aromatic hydroxyl groups is 1. The van der Waals surface area contributed by atoms with Crippen LogP contribution in [0.5, 0.6) is 5.75 Å². The molecule has 0 bridgehead atoms. The zero-order valence-corrected chi connectivity index (χ0v) is 7.08. The molecule has 1 aromatic rings. The van der Waals surface area contributed by atoms with E-state index < -0.39 is 9.84 Å². The van der Waals surface area contributed by atoms with Crippen molar-refractivity contribution >= 4 is 9.84 Å². The van der Waals surface area contributed by atoms with Gasteiger partial charge in [-0.05, 0) is 24.3 Å². The van der Waals surface area contributed by atoms with E-state index in [4.69, 9.17) is 5.11 Å². The molecule has 0 saturated heterocycles. The van der Waals surface area contributed by atoms with Gasteiger partial charge in [-0.2, -0.15) is 0 Å². The molecule has 0 unspecified atom stereocenters. The largest absolute Gasteiger partial charge is 0.508 e. The van der Waals surface area contributed by atoms with Crippen LogP contribution in [0.25, 0.3) is 0 Å². The van der Waals surface area contributed by atoms with E-state index in [9.17, 15) is 8.42 Å². The Kier molecular flexibility index (Phi) is 2.19. The van der Waals surface area contributed by atoms with Crippen LogP contribution in [0.2, 0.25) is 0 Å². The second-order valence-electron chi connectivity index (χ2n) is 2.21. The van der Waals surface area contributed by atoms with Crippen molar-refractivity contribution in [2.45, 2.75) is 4.90 Å². The molecule has 64 valence electrons. The summed E-state index contributed by atoms with van der Waals surface area (Å²) in [5.74, 6) is 0.0398. The second kappa shape index (κ2) is 2.98. The average Bonchev–Trinajstić information content (AvgIpc) is 2.05. The standard InChI is InChI=1S/C8H8O3S/c1-2-12(10,11)8-5-3-7(9)4-6-8/h2-6,9H,1H2. The molecule has 0 amide bonds. The quantitative estimate of drug-likeness (QED) is 0.753. The Labute approximate surface area is 70.9 Å². The molecule has 1 aromatic carbocycles. The highest BCUT2D eigenvalue weighted by atomic mass is 32.2. The minimum Gasteiger partial charge on any atom is -0.508 e. The molecule has 4 heteroatoms. The van der Waals surface area contributed by atoms with Crippen molar-refractivity contribution in [1.82, 2.24) is 0 Å². The Morgan fingerprint density at radius 1 is 1.25 bits per heavy atom. The number of hydrogen-bond donors (Lipinski definition) is 1. The lowest BCUT2D eigenvalue weighted by Gasteiger charge is -1.97. The predicted molar refractivity (Wildman–Crippen MR) is 45.5 cm³/mol. The van der Waals surface area contributed by atoms with Gasteiger partial charge >= 0.3 is 0 Å². The fraction of sp³-hybridized carbons (Fsp3) is 0. The summed E-state index contributed by atoms with van der Waals surface area (Å²) in [5.41, 5.74) is 0. The minimum atomic E-state index is -3.36. The van der Waals surface area contributed by atoms with E-state index in [2.05, 4.69) is 6.58 Å². The van der Waals surface area contributed by atoms with E-state index >= 15 is 0 Å². The van der Waals surface area contributed by atoms with Gasteiger partial charge in [0.25, 0.3) is 0 Å². The van der Waals surface area contributed by atoms with Gasteiger partial charge in [-0.3, -0.25) is 0 Å². The number of sulfone groups is 1. The van der Waals surface area contributed by atoms with Crippen molar-refractivity contribution in [3.63, 3.8) is 0 Å². The number of benzene rings is 1. The molecule has 0 aliphatic rings. The lowest BCUT2D eigenvalue weighted by atomic mass is 10.3. The molecule has 0 saturated carbocycles. The fourth-order valence-electron chi connectivity index (χ4n) is 0.732. The minimum absolute atomic E-state index is 0.0398. The zero-order chi connectivity index (χ0) is 9.19. The maximum absolute atomic E-state index is 11.1. The zero-order valence-electron chi connectivity index (χ0n) is 6.27. The smallest absolute Gasteiger partial charge is 0.199 e. The molecule has 0 heterocycles. The summed E-state index contributed by atoms with van der Waals surface area (Å²) in [7, 11) is -3.36. The molecule has 0 aliphatic carbocycles. The monoisotopic (exact) mass is 184 g/mol. The average molecular weight is 184 g/mol. The highest BCUT2D eigenvalue weighted by Crippen LogP contribution is 2.15. The van der Waals surface area contributed by atoms with Crippen LogP contribution in [-0.4, -0.2) is 13.5 Å². The maximum atomic E-state index is 11.1. The van der Waals surface area contributed by atoms with Gasteiger partial charge in [0.2, 0.25) is 0 Å². The Balaban J connectivity index is 3.23. The highest BCUT2D eigenvalue weighted by molar-refractivity contribution is 7.94. The third-order valence-electron chi connectivity index (χ3n) is 1.38. The van der Waals surface area contributed by atoms with Crippen LogP contribution in [0.15, 0.2) is 41.1 Å². The number of rotatable bonds is 2. The van der Waals surface area contributed by atoms with E-state index in [0.29, 0.717) is 0 Å². The van der Waals surface area contributed by atoms with Gasteiger partial charge in [0.05, 0.1) is 4.90 Å². The first-order valence-corrected chi connectivity index (χ1v) is 4.77. The van der Waals surface area contributed by atoms with Gasteiger partial charge in [0.15, 0.2) is 9.84 Å². The first-order valence-electron chi connectivity index (χ1n) is 3.23. The molecule has 0 radical (unpaired) electrons. The summed E-state index contributed by atoms with van der Waals surface area (Å²) in [6.07, 6.45) is 0. The van der Waals surface area contributed by atoms with Crippen molar-refractivity contribution in [3.05, 3.63) is 36.3 Å². The Morgan fingerprint density at radius 2 is 1.75 bits per heavy atom. The van der Waals surface area contributed by atoms with Crippen molar-refractivity contribution in [1.29, 1.82) is 0 Å². The third kappa shape index (κ3) is 1.65. The predicted octanol–water partition coefficient (Wildman–Crippen LogP) is 1.31. The van der Waals surface area contributed by atoms with Crippen molar-refractivity contribution < 1.29 is 13.5 Å². The van der Waals surface area contributed by atoms with Gasteiger partial charge in [-0.1, -0.05) is 6.58 Å². The molecular weight excluding hydrogens is 176 g/mol. The molecule has 1 N–H and O–H groups in total. The molecule has 12 heavy (non-hydrogen) atoms. The van der Waals surface area contributed by atoms with E-state index in [-0.39, 0.29) is 10.6 Å². The van der Waals surface area contributed by atoms with Crippen LogP contribution in [0.1, 0.15) is 0 Å². The van der Waals surface area contributed by atoms with Gasteiger partial charge in [0, 0.05) is 5.41 Å². The fourth-order valence-corrected chi connectivity index (χ4v) is 1.44. The van der Waals surface area contributed by atoms with Crippen molar-refractivity contribution in [3.8, 4) is 5.75 Å². The van der Waals surface area contributed by atoms with Crippen LogP contribution in [0.3, 0.4) is 0 Å². The Hall–Kier alpha value is -1.29. The van der Waals surface area contributed by atoms with Crippen molar-refractivity contribution in [2.75, 3.05) is 0 Å². The molecular formula is C8H8O3S. The first-order chi connectivity index (χ1) is 5.56. The summed E-state index contributed by atoms with van der Waals surface area (Å²) in [4.78, 5) is 0.135. The van der Waals surface area contributed by atoms with Gasteiger partial charge in [-0.25, -0.2) is 8.42 Å². The maximum Gasteiger partial charge on any atom is 0.199 e. The summed E-state index contributed by atoms with van der Waals surface area (Å²) in [6, 6.07) is 5.28. The topological polar surface area (TPSA) is 54.4 Å². The molecule has 3 nitrogen and oxygen atoms in total. The number of hydrogen-bond acceptors (Lipinski definition) is 3. The Bertz CT molecular complexity index is 375. The van der Waals surface area contributed by atoms with E-state index in [1.165, 1.54) is 24.3 Å². The molecule has 0 fully saturated rings. The third-order valence-corrected chi connectivity index (χ3v) is 2.75. The summed E-state index contributed by atoms with van der Waals surface area (Å²) < 4.78 is 22.2. The number of phenols is 1.